The average molecular weight is 464 g/mol. The molecular weight excluding hydrogens is 444 g/mol. The molecule has 0 saturated heterocycles. The van der Waals surface area contributed by atoms with Gasteiger partial charge in [-0.1, -0.05) is 30.3 Å². The molecule has 0 radical (unpaired) electrons. The topological polar surface area (TPSA) is 68.3 Å². The van der Waals surface area contributed by atoms with Crippen LogP contribution >= 0.6 is 0 Å². The molecule has 0 fully saturated rings. The highest BCUT2D eigenvalue weighted by molar-refractivity contribution is 6.35. The lowest BCUT2D eigenvalue weighted by Crippen LogP contribution is -2.30. The van der Waals surface area contributed by atoms with E-state index >= 15 is 0 Å². The van der Waals surface area contributed by atoms with Gasteiger partial charge < -0.3 is 19.1 Å². The number of imide groups is 1. The number of rotatable bonds is 4. The molecule has 0 atom stereocenters. The van der Waals surface area contributed by atoms with Crippen molar-refractivity contribution >= 4 is 34.6 Å². The summed E-state index contributed by atoms with van der Waals surface area (Å²) in [6.45, 7) is 0. The number of carbonyl (C=O) groups is 2. The highest BCUT2D eigenvalue weighted by Crippen LogP contribution is 2.51. The SMILES string of the molecule is COc1cccc(OC)c1N1C(=O)c2ccc(N3c4ccccc4Oc4ccccc43)cc2C1=O. The molecule has 0 unspecified atom stereocenters. The van der Waals surface area contributed by atoms with E-state index in [1.807, 2.05) is 59.5 Å². The van der Waals surface area contributed by atoms with Gasteiger partial charge in [-0.15, -0.1) is 0 Å². The molecule has 0 N–H and O–H groups in total. The van der Waals surface area contributed by atoms with E-state index in [1.165, 1.54) is 14.2 Å². The molecule has 4 aromatic carbocycles. The lowest BCUT2D eigenvalue weighted by molar-refractivity contribution is 0.0924. The molecule has 0 aliphatic carbocycles. The quantitative estimate of drug-likeness (QED) is 0.300. The zero-order valence-corrected chi connectivity index (χ0v) is 19.0. The number of amides is 2. The first-order chi connectivity index (χ1) is 17.1. The molecule has 172 valence electrons. The molecule has 0 spiro atoms. The lowest BCUT2D eigenvalue weighted by Gasteiger charge is -2.32. The third-order valence-corrected chi connectivity index (χ3v) is 6.19. The number of carbonyl (C=O) groups excluding carboxylic acids is 2. The Labute approximate surface area is 201 Å². The fraction of sp³-hybridized carbons (Fsp3) is 0.0714. The van der Waals surface area contributed by atoms with Gasteiger partial charge in [0.05, 0.1) is 36.7 Å². The van der Waals surface area contributed by atoms with Gasteiger partial charge in [0.25, 0.3) is 11.8 Å². The summed E-state index contributed by atoms with van der Waals surface area (Å²) in [4.78, 5) is 30.2. The summed E-state index contributed by atoms with van der Waals surface area (Å²) in [5, 5.41) is 0. The highest BCUT2D eigenvalue weighted by atomic mass is 16.5. The van der Waals surface area contributed by atoms with Gasteiger partial charge in [0, 0.05) is 5.69 Å². The summed E-state index contributed by atoms with van der Waals surface area (Å²) in [5.74, 6) is 1.28. The summed E-state index contributed by atoms with van der Waals surface area (Å²) >= 11 is 0. The Kier molecular flexibility index (Phi) is 4.70. The Morgan fingerprint density at radius 2 is 1.20 bits per heavy atom. The molecule has 4 aromatic rings. The van der Waals surface area contributed by atoms with Crippen LogP contribution in [0, 0.1) is 0 Å². The van der Waals surface area contributed by atoms with Crippen molar-refractivity contribution in [2.75, 3.05) is 24.0 Å². The van der Waals surface area contributed by atoms with E-state index in [4.69, 9.17) is 14.2 Å². The minimum Gasteiger partial charge on any atom is -0.494 e. The fourth-order valence-electron chi connectivity index (χ4n) is 4.61. The summed E-state index contributed by atoms with van der Waals surface area (Å²) < 4.78 is 17.0. The van der Waals surface area contributed by atoms with E-state index < -0.39 is 11.8 Å². The van der Waals surface area contributed by atoms with Crippen LogP contribution in [-0.4, -0.2) is 26.0 Å². The van der Waals surface area contributed by atoms with Crippen LogP contribution in [0.4, 0.5) is 22.7 Å². The minimum absolute atomic E-state index is 0.285. The van der Waals surface area contributed by atoms with Crippen molar-refractivity contribution < 1.29 is 23.8 Å². The molecule has 2 heterocycles. The maximum Gasteiger partial charge on any atom is 0.266 e. The number of hydrogen-bond acceptors (Lipinski definition) is 6. The second-order valence-electron chi connectivity index (χ2n) is 8.06. The van der Waals surface area contributed by atoms with Crippen molar-refractivity contribution in [3.05, 3.63) is 96.1 Å². The lowest BCUT2D eigenvalue weighted by atomic mass is 10.1. The maximum atomic E-state index is 13.6. The fourth-order valence-corrected chi connectivity index (χ4v) is 4.61. The van der Waals surface area contributed by atoms with Crippen LogP contribution in [0.1, 0.15) is 20.7 Å². The van der Waals surface area contributed by atoms with Gasteiger partial charge in [0.15, 0.2) is 11.5 Å². The van der Waals surface area contributed by atoms with Gasteiger partial charge in [-0.3, -0.25) is 9.59 Å². The zero-order chi connectivity index (χ0) is 24.1. The van der Waals surface area contributed by atoms with Gasteiger partial charge in [0.1, 0.15) is 17.2 Å². The predicted octanol–water partition coefficient (Wildman–Crippen LogP) is 6.08. The maximum absolute atomic E-state index is 13.6. The van der Waals surface area contributed by atoms with Crippen molar-refractivity contribution in [1.29, 1.82) is 0 Å². The first kappa shape index (κ1) is 20.8. The van der Waals surface area contributed by atoms with E-state index in [9.17, 15) is 9.59 Å². The first-order valence-corrected chi connectivity index (χ1v) is 11.0. The molecule has 0 bridgehead atoms. The second kappa shape index (κ2) is 7.92. The number of benzene rings is 4. The normalized spacial score (nSPS) is 13.7. The number of methoxy groups -OCH3 is 2. The Balaban J connectivity index is 1.49. The summed E-state index contributed by atoms with van der Waals surface area (Å²) in [7, 11) is 2.98. The van der Waals surface area contributed by atoms with E-state index in [0.717, 1.165) is 22.0 Å². The first-order valence-electron chi connectivity index (χ1n) is 11.0. The summed E-state index contributed by atoms with van der Waals surface area (Å²) in [5.41, 5.74) is 3.33. The molecule has 35 heavy (non-hydrogen) atoms. The third kappa shape index (κ3) is 3.05. The smallest absolute Gasteiger partial charge is 0.266 e. The zero-order valence-electron chi connectivity index (χ0n) is 19.0. The number of fused-ring (bicyclic) bond motifs is 3. The second-order valence-corrected chi connectivity index (χ2v) is 8.06. The number of hydrogen-bond donors (Lipinski definition) is 0. The van der Waals surface area contributed by atoms with Gasteiger partial charge in [-0.25, -0.2) is 4.90 Å². The monoisotopic (exact) mass is 464 g/mol. The third-order valence-electron chi connectivity index (χ3n) is 6.19. The van der Waals surface area contributed by atoms with Crippen LogP contribution in [0.25, 0.3) is 0 Å². The van der Waals surface area contributed by atoms with E-state index in [0.29, 0.717) is 34.1 Å². The summed E-state index contributed by atoms with van der Waals surface area (Å²) in [6, 6.07) is 25.8. The molecular formula is C28H20N2O5. The van der Waals surface area contributed by atoms with Gasteiger partial charge >= 0.3 is 0 Å². The number of anilines is 4. The highest BCUT2D eigenvalue weighted by Gasteiger charge is 2.40. The number of nitrogens with zero attached hydrogens (tertiary/aromatic N) is 2. The molecule has 2 aliphatic rings. The molecule has 6 rings (SSSR count). The molecule has 0 aromatic heterocycles. The Morgan fingerprint density at radius 1 is 0.629 bits per heavy atom. The van der Waals surface area contributed by atoms with Crippen molar-refractivity contribution in [3.63, 3.8) is 0 Å². The predicted molar refractivity (Wildman–Crippen MR) is 132 cm³/mol. The Morgan fingerprint density at radius 3 is 1.80 bits per heavy atom. The Bertz CT molecular complexity index is 1450. The minimum atomic E-state index is -0.440. The summed E-state index contributed by atoms with van der Waals surface area (Å²) in [6.07, 6.45) is 0. The number of ether oxygens (including phenoxy) is 3. The molecule has 2 aliphatic heterocycles. The molecule has 2 amide bonds. The molecule has 7 heteroatoms. The van der Waals surface area contributed by atoms with Gasteiger partial charge in [-0.05, 0) is 54.6 Å². The van der Waals surface area contributed by atoms with Crippen LogP contribution in [0.15, 0.2) is 84.9 Å². The van der Waals surface area contributed by atoms with E-state index in [1.54, 1.807) is 30.3 Å². The van der Waals surface area contributed by atoms with Crippen LogP contribution in [0.5, 0.6) is 23.0 Å². The van der Waals surface area contributed by atoms with E-state index in [2.05, 4.69) is 0 Å². The van der Waals surface area contributed by atoms with Crippen LogP contribution in [0.2, 0.25) is 0 Å². The average Bonchev–Trinajstić information content (AvgIpc) is 3.15. The standard InChI is InChI=1S/C28H20N2O5/c1-33-24-12-7-13-25(34-2)26(24)30-27(31)18-15-14-17(16-19(18)28(30)32)29-20-8-3-5-10-22(20)35-23-11-6-4-9-21(23)29/h3-16H,1-2H3. The van der Waals surface area contributed by atoms with Crippen molar-refractivity contribution in [2.45, 2.75) is 0 Å². The van der Waals surface area contributed by atoms with E-state index in [-0.39, 0.29) is 5.69 Å². The van der Waals surface area contributed by atoms with Crippen molar-refractivity contribution in [3.8, 4) is 23.0 Å². The molecule has 0 saturated carbocycles. The van der Waals surface area contributed by atoms with Crippen molar-refractivity contribution in [1.82, 2.24) is 0 Å². The molecule has 7 nitrogen and oxygen atoms in total. The largest absolute Gasteiger partial charge is 0.494 e. The van der Waals surface area contributed by atoms with Crippen LogP contribution in [-0.2, 0) is 0 Å². The Hall–Kier alpha value is -4.78. The number of para-hydroxylation sites is 5. The van der Waals surface area contributed by atoms with Gasteiger partial charge in [-0.2, -0.15) is 0 Å². The van der Waals surface area contributed by atoms with Crippen molar-refractivity contribution in [2.24, 2.45) is 0 Å². The van der Waals surface area contributed by atoms with Gasteiger partial charge in [0.2, 0.25) is 0 Å². The van der Waals surface area contributed by atoms with Crippen LogP contribution in [0.3, 0.4) is 0 Å². The van der Waals surface area contributed by atoms with Crippen LogP contribution < -0.4 is 24.0 Å².